The Hall–Kier alpha value is -1.65. The molecule has 2 unspecified atom stereocenters. The summed E-state index contributed by atoms with van der Waals surface area (Å²) >= 11 is 0. The van der Waals surface area contributed by atoms with E-state index >= 15 is 0 Å². The number of nitrogens with zero attached hydrogens (tertiary/aromatic N) is 1. The van der Waals surface area contributed by atoms with Crippen molar-refractivity contribution in [2.45, 2.75) is 32.0 Å². The van der Waals surface area contributed by atoms with Gasteiger partial charge in [0.1, 0.15) is 12.4 Å². The van der Waals surface area contributed by atoms with Crippen molar-refractivity contribution in [2.75, 3.05) is 19.7 Å². The molecule has 112 valence electrons. The highest BCUT2D eigenvalue weighted by Crippen LogP contribution is 2.22. The Labute approximate surface area is 125 Å². The predicted octanol–water partition coefficient (Wildman–Crippen LogP) is 2.77. The van der Waals surface area contributed by atoms with E-state index in [9.17, 15) is 0 Å². The van der Waals surface area contributed by atoms with Crippen LogP contribution in [0, 0.1) is 0 Å². The zero-order chi connectivity index (χ0) is 14.5. The Morgan fingerprint density at radius 1 is 1.29 bits per heavy atom. The monoisotopic (exact) mass is 286 g/mol. The lowest BCUT2D eigenvalue weighted by atomic mass is 10.2. The van der Waals surface area contributed by atoms with Crippen LogP contribution in [0.3, 0.4) is 0 Å². The Morgan fingerprint density at radius 3 is 3.05 bits per heavy atom. The number of pyridine rings is 1. The van der Waals surface area contributed by atoms with Gasteiger partial charge in [-0.15, -0.1) is 0 Å². The highest BCUT2D eigenvalue weighted by Gasteiger charge is 2.25. The van der Waals surface area contributed by atoms with Crippen molar-refractivity contribution in [3.05, 3.63) is 36.5 Å². The number of aromatic nitrogens is 1. The molecule has 1 saturated heterocycles. The zero-order valence-electron chi connectivity index (χ0n) is 12.4. The van der Waals surface area contributed by atoms with Gasteiger partial charge in [0.2, 0.25) is 0 Å². The number of likely N-dealkylation sites (N-methyl/N-ethyl adjacent to an activating group) is 1. The van der Waals surface area contributed by atoms with Crippen LogP contribution >= 0.6 is 0 Å². The van der Waals surface area contributed by atoms with Gasteiger partial charge in [0.15, 0.2) is 0 Å². The van der Waals surface area contributed by atoms with Gasteiger partial charge in [-0.1, -0.05) is 25.1 Å². The summed E-state index contributed by atoms with van der Waals surface area (Å²) in [5, 5.41) is 4.43. The number of hydrogen-bond donors (Lipinski definition) is 1. The molecular weight excluding hydrogens is 264 g/mol. The van der Waals surface area contributed by atoms with Gasteiger partial charge >= 0.3 is 0 Å². The van der Waals surface area contributed by atoms with Crippen molar-refractivity contribution in [2.24, 2.45) is 0 Å². The minimum Gasteiger partial charge on any atom is -0.489 e. The van der Waals surface area contributed by atoms with E-state index in [4.69, 9.17) is 9.47 Å². The van der Waals surface area contributed by atoms with Crippen molar-refractivity contribution < 1.29 is 9.47 Å². The standard InChI is InChI=1S/C17H22N2O2/c1-2-18-10-14-7-8-15(21-14)12-20-16-9-13-5-3-4-6-17(13)19-11-16/h3-6,9,11,14-15,18H,2,7-8,10,12H2,1H3. The normalized spacial score (nSPS) is 21.8. The smallest absolute Gasteiger partial charge is 0.138 e. The highest BCUT2D eigenvalue weighted by molar-refractivity contribution is 5.79. The lowest BCUT2D eigenvalue weighted by Crippen LogP contribution is -2.28. The summed E-state index contributed by atoms with van der Waals surface area (Å²) in [6.07, 6.45) is 4.48. The van der Waals surface area contributed by atoms with E-state index in [1.165, 1.54) is 0 Å². The van der Waals surface area contributed by atoms with Crippen LogP contribution in [0.2, 0.25) is 0 Å². The molecule has 1 fully saturated rings. The van der Waals surface area contributed by atoms with Gasteiger partial charge in [-0.3, -0.25) is 4.98 Å². The van der Waals surface area contributed by atoms with Crippen LogP contribution in [0.5, 0.6) is 5.75 Å². The first-order valence-corrected chi connectivity index (χ1v) is 7.69. The second-order valence-electron chi connectivity index (χ2n) is 5.44. The molecule has 2 atom stereocenters. The van der Waals surface area contributed by atoms with Gasteiger partial charge in [-0.25, -0.2) is 0 Å². The van der Waals surface area contributed by atoms with Gasteiger partial charge in [-0.05, 0) is 31.5 Å². The zero-order valence-corrected chi connectivity index (χ0v) is 12.4. The van der Waals surface area contributed by atoms with E-state index in [1.807, 2.05) is 30.3 Å². The van der Waals surface area contributed by atoms with Crippen LogP contribution in [-0.2, 0) is 4.74 Å². The van der Waals surface area contributed by atoms with Crippen molar-refractivity contribution in [1.29, 1.82) is 0 Å². The Morgan fingerprint density at radius 2 is 2.14 bits per heavy atom. The largest absolute Gasteiger partial charge is 0.489 e. The molecule has 4 nitrogen and oxygen atoms in total. The summed E-state index contributed by atoms with van der Waals surface area (Å²) in [4.78, 5) is 4.41. The average molecular weight is 286 g/mol. The molecule has 4 heteroatoms. The SMILES string of the molecule is CCNCC1CCC(COc2cnc3ccccc3c2)O1. The molecule has 0 saturated carbocycles. The van der Waals surface area contributed by atoms with Gasteiger partial charge in [0.05, 0.1) is 23.9 Å². The summed E-state index contributed by atoms with van der Waals surface area (Å²) in [6, 6.07) is 10.1. The fourth-order valence-electron chi connectivity index (χ4n) is 2.68. The van der Waals surface area contributed by atoms with Crippen molar-refractivity contribution in [1.82, 2.24) is 10.3 Å². The topological polar surface area (TPSA) is 43.4 Å². The van der Waals surface area contributed by atoms with Crippen molar-refractivity contribution in [3.8, 4) is 5.75 Å². The maximum Gasteiger partial charge on any atom is 0.138 e. The van der Waals surface area contributed by atoms with Crippen LogP contribution < -0.4 is 10.1 Å². The predicted molar refractivity (Wildman–Crippen MR) is 83.7 cm³/mol. The Balaban J connectivity index is 1.52. The van der Waals surface area contributed by atoms with Gasteiger partial charge < -0.3 is 14.8 Å². The number of nitrogens with one attached hydrogen (secondary N) is 1. The third-order valence-corrected chi connectivity index (χ3v) is 3.82. The second kappa shape index (κ2) is 6.87. The van der Waals surface area contributed by atoms with Crippen LogP contribution in [0.15, 0.2) is 36.5 Å². The van der Waals surface area contributed by atoms with Crippen LogP contribution in [0.1, 0.15) is 19.8 Å². The molecule has 3 rings (SSSR count). The lowest BCUT2D eigenvalue weighted by Gasteiger charge is -2.15. The summed E-state index contributed by atoms with van der Waals surface area (Å²) in [6.45, 7) is 4.64. The number of benzene rings is 1. The molecule has 2 aromatic rings. The lowest BCUT2D eigenvalue weighted by molar-refractivity contribution is 0.0187. The number of ether oxygens (including phenoxy) is 2. The Kier molecular flexibility index (Phi) is 4.68. The summed E-state index contributed by atoms with van der Waals surface area (Å²) in [5.74, 6) is 0.812. The molecule has 1 aromatic carbocycles. The minimum atomic E-state index is 0.195. The molecule has 1 aliphatic rings. The summed E-state index contributed by atoms with van der Waals surface area (Å²) in [5.41, 5.74) is 0.993. The third-order valence-electron chi connectivity index (χ3n) is 3.82. The van der Waals surface area contributed by atoms with E-state index in [0.29, 0.717) is 12.7 Å². The third kappa shape index (κ3) is 3.71. The fourth-order valence-corrected chi connectivity index (χ4v) is 2.68. The average Bonchev–Trinajstić information content (AvgIpc) is 2.98. The molecule has 1 N–H and O–H groups in total. The maximum absolute atomic E-state index is 5.96. The quantitative estimate of drug-likeness (QED) is 0.887. The molecule has 0 spiro atoms. The number of fused-ring (bicyclic) bond motifs is 1. The summed E-state index contributed by atoms with van der Waals surface area (Å²) in [7, 11) is 0. The van der Waals surface area contributed by atoms with Gasteiger partial charge in [-0.2, -0.15) is 0 Å². The van der Waals surface area contributed by atoms with Gasteiger partial charge in [0, 0.05) is 11.9 Å². The van der Waals surface area contributed by atoms with Crippen LogP contribution in [0.4, 0.5) is 0 Å². The molecule has 2 heterocycles. The first-order valence-electron chi connectivity index (χ1n) is 7.69. The molecule has 0 amide bonds. The molecular formula is C17H22N2O2. The van der Waals surface area contributed by atoms with E-state index in [1.54, 1.807) is 6.20 Å². The van der Waals surface area contributed by atoms with Crippen molar-refractivity contribution in [3.63, 3.8) is 0 Å². The van der Waals surface area contributed by atoms with E-state index in [2.05, 4.69) is 17.2 Å². The van der Waals surface area contributed by atoms with E-state index in [0.717, 1.165) is 42.6 Å². The van der Waals surface area contributed by atoms with Crippen LogP contribution in [-0.4, -0.2) is 36.9 Å². The van der Waals surface area contributed by atoms with Gasteiger partial charge in [0.25, 0.3) is 0 Å². The molecule has 0 aliphatic carbocycles. The molecule has 21 heavy (non-hydrogen) atoms. The first-order chi connectivity index (χ1) is 10.3. The maximum atomic E-state index is 5.96. The van der Waals surface area contributed by atoms with Crippen molar-refractivity contribution >= 4 is 10.9 Å². The molecule has 1 aliphatic heterocycles. The summed E-state index contributed by atoms with van der Waals surface area (Å²) < 4.78 is 11.8. The highest BCUT2D eigenvalue weighted by atomic mass is 16.5. The number of rotatable bonds is 6. The minimum absolute atomic E-state index is 0.195. The van der Waals surface area contributed by atoms with E-state index in [-0.39, 0.29) is 6.10 Å². The first kappa shape index (κ1) is 14.3. The molecule has 0 radical (unpaired) electrons. The van der Waals surface area contributed by atoms with Crippen LogP contribution in [0.25, 0.3) is 10.9 Å². The fraction of sp³-hybridized carbons (Fsp3) is 0.471. The number of hydrogen-bond acceptors (Lipinski definition) is 4. The molecule has 0 bridgehead atoms. The number of para-hydroxylation sites is 1. The molecule has 1 aromatic heterocycles. The van der Waals surface area contributed by atoms with E-state index < -0.39 is 0 Å². The Bertz CT molecular complexity index is 588. The second-order valence-corrected chi connectivity index (χ2v) is 5.44.